The summed E-state index contributed by atoms with van der Waals surface area (Å²) in [5.41, 5.74) is 0.727. The second kappa shape index (κ2) is 6.23. The van der Waals surface area contributed by atoms with E-state index in [0.717, 1.165) is 15.7 Å². The molecule has 1 saturated carbocycles. The Hall–Kier alpha value is -1.31. The van der Waals surface area contributed by atoms with Gasteiger partial charge in [-0.25, -0.2) is 4.79 Å². The Morgan fingerprint density at radius 2 is 1.89 bits per heavy atom. The number of carboxylic acids is 1. The minimum absolute atomic E-state index is 0.0510. The highest BCUT2D eigenvalue weighted by molar-refractivity contribution is 14.1. The molecule has 0 spiro atoms. The first-order valence-electron chi connectivity index (χ1n) is 6.10. The van der Waals surface area contributed by atoms with E-state index in [0.29, 0.717) is 12.8 Å². The number of nitrogens with one attached hydrogen (secondary N) is 2. The quantitative estimate of drug-likeness (QED) is 0.712. The van der Waals surface area contributed by atoms with Crippen molar-refractivity contribution in [1.82, 2.24) is 5.32 Å². The molecular weight excluding hydrogens is 359 g/mol. The Balaban J connectivity index is 1.82. The minimum Gasteiger partial charge on any atom is -0.481 e. The minimum atomic E-state index is -0.776. The predicted octanol–water partition coefficient (Wildman–Crippen LogP) is 2.67. The lowest BCUT2D eigenvalue weighted by atomic mass is 10.1. The van der Waals surface area contributed by atoms with E-state index in [4.69, 9.17) is 5.11 Å². The molecule has 1 aliphatic rings. The van der Waals surface area contributed by atoms with Crippen LogP contribution in [-0.4, -0.2) is 23.1 Å². The third-order valence-electron chi connectivity index (χ3n) is 3.22. The molecule has 3 N–H and O–H groups in total. The molecule has 5 nitrogen and oxygen atoms in total. The Morgan fingerprint density at radius 1 is 1.21 bits per heavy atom. The monoisotopic (exact) mass is 374 g/mol. The van der Waals surface area contributed by atoms with Crippen LogP contribution in [0.1, 0.15) is 19.3 Å². The molecule has 1 aliphatic carbocycles. The predicted molar refractivity (Wildman–Crippen MR) is 80.1 cm³/mol. The fourth-order valence-corrected chi connectivity index (χ4v) is 2.58. The van der Waals surface area contributed by atoms with Crippen LogP contribution in [0.3, 0.4) is 0 Å². The number of carbonyl (C=O) groups excluding carboxylic acids is 1. The molecule has 0 heterocycles. The molecule has 0 radical (unpaired) electrons. The van der Waals surface area contributed by atoms with Crippen molar-refractivity contribution in [2.45, 2.75) is 25.3 Å². The summed E-state index contributed by atoms with van der Waals surface area (Å²) < 4.78 is 1.10. The summed E-state index contributed by atoms with van der Waals surface area (Å²) in [6.07, 6.45) is 1.86. The van der Waals surface area contributed by atoms with Crippen LogP contribution in [0.4, 0.5) is 10.5 Å². The standard InChI is InChI=1S/C13H15IN2O3/c14-9-2-5-10(6-3-9)15-13(19)16-11-4-1-8(7-11)12(17)18/h2-3,5-6,8,11H,1,4,7H2,(H,17,18)(H2,15,16,19)/t8-,11+/m1/s1. The zero-order chi connectivity index (χ0) is 13.8. The van der Waals surface area contributed by atoms with Crippen LogP contribution >= 0.6 is 22.6 Å². The van der Waals surface area contributed by atoms with E-state index in [1.807, 2.05) is 24.3 Å². The summed E-state index contributed by atoms with van der Waals surface area (Å²) in [7, 11) is 0. The highest BCUT2D eigenvalue weighted by Gasteiger charge is 2.30. The first-order valence-corrected chi connectivity index (χ1v) is 7.18. The van der Waals surface area contributed by atoms with Crippen molar-refractivity contribution in [2.24, 2.45) is 5.92 Å². The lowest BCUT2D eigenvalue weighted by Crippen LogP contribution is -2.36. The fraction of sp³-hybridized carbons (Fsp3) is 0.385. The van der Waals surface area contributed by atoms with Crippen LogP contribution in [0.15, 0.2) is 24.3 Å². The summed E-state index contributed by atoms with van der Waals surface area (Å²) in [5, 5.41) is 14.4. The van der Waals surface area contributed by atoms with Gasteiger partial charge in [-0.1, -0.05) is 0 Å². The number of amides is 2. The molecule has 102 valence electrons. The van der Waals surface area contributed by atoms with Gasteiger partial charge in [0.15, 0.2) is 0 Å². The highest BCUT2D eigenvalue weighted by atomic mass is 127. The second-order valence-electron chi connectivity index (χ2n) is 4.65. The molecule has 1 aromatic carbocycles. The van der Waals surface area contributed by atoms with Gasteiger partial charge >= 0.3 is 12.0 Å². The van der Waals surface area contributed by atoms with Crippen molar-refractivity contribution >= 4 is 40.3 Å². The number of aliphatic carboxylic acids is 1. The zero-order valence-electron chi connectivity index (χ0n) is 10.2. The summed E-state index contributed by atoms with van der Waals surface area (Å²) in [4.78, 5) is 22.6. The zero-order valence-corrected chi connectivity index (χ0v) is 12.4. The number of carbonyl (C=O) groups is 2. The van der Waals surface area contributed by atoms with Crippen LogP contribution in [0.5, 0.6) is 0 Å². The Bertz CT molecular complexity index is 475. The fourth-order valence-electron chi connectivity index (χ4n) is 2.22. The van der Waals surface area contributed by atoms with Gasteiger partial charge in [0.05, 0.1) is 5.92 Å². The largest absolute Gasteiger partial charge is 0.481 e. The maximum absolute atomic E-state index is 11.8. The number of hydrogen-bond acceptors (Lipinski definition) is 2. The SMILES string of the molecule is O=C(Nc1ccc(I)cc1)N[C@H]1CC[C@@H](C(=O)O)C1. The summed E-state index contributed by atoms with van der Waals surface area (Å²) in [6.45, 7) is 0. The van der Waals surface area contributed by atoms with Gasteiger partial charge in [0.2, 0.25) is 0 Å². The van der Waals surface area contributed by atoms with Gasteiger partial charge in [-0.05, 0) is 66.1 Å². The Labute approximate surface area is 124 Å². The van der Waals surface area contributed by atoms with E-state index in [-0.39, 0.29) is 18.0 Å². The number of hydrogen-bond donors (Lipinski definition) is 3. The Morgan fingerprint density at radius 3 is 2.47 bits per heavy atom. The maximum atomic E-state index is 11.8. The van der Waals surface area contributed by atoms with E-state index in [1.165, 1.54) is 0 Å². The molecule has 1 aromatic rings. The number of carboxylic acid groups (broad SMARTS) is 1. The normalized spacial score (nSPS) is 21.9. The topological polar surface area (TPSA) is 78.4 Å². The molecule has 0 aromatic heterocycles. The average Bonchev–Trinajstić information content (AvgIpc) is 2.80. The van der Waals surface area contributed by atoms with Gasteiger partial charge in [-0.15, -0.1) is 0 Å². The molecule has 2 amide bonds. The first-order chi connectivity index (χ1) is 9.04. The molecule has 0 saturated heterocycles. The molecular formula is C13H15IN2O3. The summed E-state index contributed by atoms with van der Waals surface area (Å²) >= 11 is 2.19. The first kappa shape index (κ1) is 14.1. The number of benzene rings is 1. The number of urea groups is 1. The van der Waals surface area contributed by atoms with Crippen molar-refractivity contribution in [1.29, 1.82) is 0 Å². The average molecular weight is 374 g/mol. The molecule has 19 heavy (non-hydrogen) atoms. The van der Waals surface area contributed by atoms with Crippen molar-refractivity contribution in [3.8, 4) is 0 Å². The smallest absolute Gasteiger partial charge is 0.319 e. The molecule has 0 bridgehead atoms. The van der Waals surface area contributed by atoms with Gasteiger partial charge < -0.3 is 15.7 Å². The van der Waals surface area contributed by atoms with Gasteiger partial charge in [-0.3, -0.25) is 4.79 Å². The van der Waals surface area contributed by atoms with E-state index < -0.39 is 5.97 Å². The maximum Gasteiger partial charge on any atom is 0.319 e. The van der Waals surface area contributed by atoms with E-state index in [2.05, 4.69) is 33.2 Å². The third-order valence-corrected chi connectivity index (χ3v) is 3.94. The molecule has 2 rings (SSSR count). The lowest BCUT2D eigenvalue weighted by Gasteiger charge is -2.13. The van der Waals surface area contributed by atoms with Crippen LogP contribution in [-0.2, 0) is 4.79 Å². The molecule has 0 aliphatic heterocycles. The lowest BCUT2D eigenvalue weighted by molar-refractivity contribution is -0.141. The molecule has 1 fully saturated rings. The van der Waals surface area contributed by atoms with Crippen molar-refractivity contribution in [3.05, 3.63) is 27.8 Å². The molecule has 2 atom stereocenters. The Kier molecular flexibility index (Phi) is 4.62. The molecule has 6 heteroatoms. The van der Waals surface area contributed by atoms with E-state index in [9.17, 15) is 9.59 Å². The number of anilines is 1. The van der Waals surface area contributed by atoms with Gasteiger partial charge in [0, 0.05) is 15.3 Å². The highest BCUT2D eigenvalue weighted by Crippen LogP contribution is 2.25. The second-order valence-corrected chi connectivity index (χ2v) is 5.90. The van der Waals surface area contributed by atoms with Crippen molar-refractivity contribution < 1.29 is 14.7 Å². The van der Waals surface area contributed by atoms with Crippen molar-refractivity contribution in [2.75, 3.05) is 5.32 Å². The van der Waals surface area contributed by atoms with Crippen LogP contribution < -0.4 is 10.6 Å². The van der Waals surface area contributed by atoms with Crippen molar-refractivity contribution in [3.63, 3.8) is 0 Å². The number of rotatable bonds is 3. The van der Waals surface area contributed by atoms with Gasteiger partial charge in [0.25, 0.3) is 0 Å². The van der Waals surface area contributed by atoms with E-state index >= 15 is 0 Å². The van der Waals surface area contributed by atoms with Crippen LogP contribution in [0.25, 0.3) is 0 Å². The summed E-state index contributed by atoms with van der Waals surface area (Å²) in [6, 6.07) is 7.15. The van der Waals surface area contributed by atoms with Crippen LogP contribution in [0.2, 0.25) is 0 Å². The van der Waals surface area contributed by atoms with Crippen LogP contribution in [0, 0.1) is 9.49 Å². The van der Waals surface area contributed by atoms with Gasteiger partial charge in [-0.2, -0.15) is 0 Å². The van der Waals surface area contributed by atoms with Gasteiger partial charge in [0.1, 0.15) is 0 Å². The number of halogens is 1. The summed E-state index contributed by atoms with van der Waals surface area (Å²) in [5.74, 6) is -1.11. The van der Waals surface area contributed by atoms with E-state index in [1.54, 1.807) is 0 Å². The third kappa shape index (κ3) is 4.09. The molecule has 0 unspecified atom stereocenters.